The average molecular weight is 208 g/mol. The Kier molecular flexibility index (Phi) is 8.93. The van der Waals surface area contributed by atoms with Crippen LogP contribution in [0, 0.1) is 0 Å². The van der Waals surface area contributed by atoms with Gasteiger partial charge in [-0.1, -0.05) is 6.92 Å². The van der Waals surface area contributed by atoms with Crippen LogP contribution in [0.1, 0.15) is 33.6 Å². The third-order valence-corrected chi connectivity index (χ3v) is 2.15. The van der Waals surface area contributed by atoms with Crippen LogP contribution in [0.3, 0.4) is 0 Å². The van der Waals surface area contributed by atoms with Gasteiger partial charge in [-0.2, -0.15) is 0 Å². The molecule has 0 aliphatic carbocycles. The molecular weight excluding hydrogens is 186 g/mol. The lowest BCUT2D eigenvalue weighted by molar-refractivity contribution is 0.0792. The van der Waals surface area contributed by atoms with E-state index in [4.69, 9.17) is 16.3 Å². The van der Waals surface area contributed by atoms with Crippen LogP contribution in [-0.2, 0) is 4.74 Å². The second-order valence-electron chi connectivity index (χ2n) is 3.46. The van der Waals surface area contributed by atoms with Crippen LogP contribution < -0.4 is 5.32 Å². The Morgan fingerprint density at radius 1 is 1.38 bits per heavy atom. The van der Waals surface area contributed by atoms with Crippen LogP contribution in [-0.4, -0.2) is 31.2 Å². The third-order valence-electron chi connectivity index (χ3n) is 1.94. The molecule has 0 aromatic carbocycles. The molecule has 0 heterocycles. The smallest absolute Gasteiger partial charge is 0.0594 e. The van der Waals surface area contributed by atoms with Gasteiger partial charge in [-0.05, 0) is 26.7 Å². The Morgan fingerprint density at radius 2 is 2.08 bits per heavy atom. The standard InChI is InChI=1S/C10H22ClNO/c1-4-10(5-6-11)12-7-8-13-9(2)3/h9-10,12H,4-8H2,1-3H3. The Labute approximate surface area is 87.0 Å². The maximum atomic E-state index is 5.67. The van der Waals surface area contributed by atoms with Crippen molar-refractivity contribution in [1.82, 2.24) is 5.32 Å². The lowest BCUT2D eigenvalue weighted by Gasteiger charge is -2.16. The van der Waals surface area contributed by atoms with Crippen molar-refractivity contribution >= 4 is 11.6 Å². The lowest BCUT2D eigenvalue weighted by Crippen LogP contribution is -2.32. The van der Waals surface area contributed by atoms with Crippen molar-refractivity contribution in [1.29, 1.82) is 0 Å². The van der Waals surface area contributed by atoms with Gasteiger partial charge in [0.15, 0.2) is 0 Å². The first-order valence-corrected chi connectivity index (χ1v) is 5.65. The predicted octanol–water partition coefficient (Wildman–Crippen LogP) is 2.41. The van der Waals surface area contributed by atoms with Crippen molar-refractivity contribution in [3.05, 3.63) is 0 Å². The fourth-order valence-corrected chi connectivity index (χ4v) is 1.40. The van der Waals surface area contributed by atoms with E-state index in [1.54, 1.807) is 0 Å². The Bertz CT molecular complexity index is 109. The van der Waals surface area contributed by atoms with Gasteiger partial charge in [0.25, 0.3) is 0 Å². The van der Waals surface area contributed by atoms with Gasteiger partial charge in [0, 0.05) is 18.5 Å². The summed E-state index contributed by atoms with van der Waals surface area (Å²) in [4.78, 5) is 0. The molecule has 0 spiro atoms. The van der Waals surface area contributed by atoms with E-state index in [1.165, 1.54) is 0 Å². The Hall–Kier alpha value is 0.210. The average Bonchev–Trinajstić information content (AvgIpc) is 2.10. The van der Waals surface area contributed by atoms with Crippen molar-refractivity contribution in [2.45, 2.75) is 45.8 Å². The summed E-state index contributed by atoms with van der Waals surface area (Å²) in [6.45, 7) is 7.99. The zero-order chi connectivity index (χ0) is 10.1. The molecule has 3 heteroatoms. The molecule has 13 heavy (non-hydrogen) atoms. The molecule has 0 aliphatic rings. The van der Waals surface area contributed by atoms with Gasteiger partial charge in [-0.15, -0.1) is 11.6 Å². The summed E-state index contributed by atoms with van der Waals surface area (Å²) in [5.74, 6) is 0.733. The fraction of sp³-hybridized carbons (Fsp3) is 1.00. The molecule has 0 aliphatic heterocycles. The number of hydrogen-bond acceptors (Lipinski definition) is 2. The second-order valence-corrected chi connectivity index (χ2v) is 3.83. The molecule has 0 fully saturated rings. The van der Waals surface area contributed by atoms with Crippen molar-refractivity contribution in [3.8, 4) is 0 Å². The zero-order valence-electron chi connectivity index (χ0n) is 8.98. The number of nitrogens with one attached hydrogen (secondary N) is 1. The van der Waals surface area contributed by atoms with Crippen LogP contribution in [0.25, 0.3) is 0 Å². The van der Waals surface area contributed by atoms with Crippen LogP contribution in [0.2, 0.25) is 0 Å². The number of halogens is 1. The Balaban J connectivity index is 3.27. The minimum atomic E-state index is 0.329. The molecule has 2 nitrogen and oxygen atoms in total. The highest BCUT2D eigenvalue weighted by atomic mass is 35.5. The maximum Gasteiger partial charge on any atom is 0.0594 e. The molecule has 0 aromatic heterocycles. The molecule has 0 radical (unpaired) electrons. The maximum absolute atomic E-state index is 5.67. The minimum Gasteiger partial charge on any atom is -0.377 e. The van der Waals surface area contributed by atoms with E-state index < -0.39 is 0 Å². The molecule has 0 saturated carbocycles. The summed E-state index contributed by atoms with van der Waals surface area (Å²) < 4.78 is 5.42. The van der Waals surface area contributed by atoms with Crippen molar-refractivity contribution < 1.29 is 4.74 Å². The van der Waals surface area contributed by atoms with Crippen LogP contribution >= 0.6 is 11.6 Å². The summed E-state index contributed by atoms with van der Waals surface area (Å²) in [5, 5.41) is 3.42. The summed E-state index contributed by atoms with van der Waals surface area (Å²) in [6, 6.07) is 0.549. The Morgan fingerprint density at radius 3 is 2.54 bits per heavy atom. The molecule has 0 amide bonds. The number of ether oxygens (including phenoxy) is 1. The minimum absolute atomic E-state index is 0.329. The normalized spacial score (nSPS) is 13.6. The lowest BCUT2D eigenvalue weighted by atomic mass is 10.2. The van der Waals surface area contributed by atoms with Crippen LogP contribution in [0.5, 0.6) is 0 Å². The number of alkyl halides is 1. The van der Waals surface area contributed by atoms with E-state index in [2.05, 4.69) is 26.1 Å². The molecule has 0 rings (SSSR count). The van der Waals surface area contributed by atoms with Gasteiger partial charge in [0.1, 0.15) is 0 Å². The van der Waals surface area contributed by atoms with Crippen LogP contribution in [0.4, 0.5) is 0 Å². The van der Waals surface area contributed by atoms with E-state index in [0.29, 0.717) is 12.1 Å². The number of rotatable bonds is 8. The largest absolute Gasteiger partial charge is 0.377 e. The zero-order valence-corrected chi connectivity index (χ0v) is 9.73. The molecule has 80 valence electrons. The van der Waals surface area contributed by atoms with Gasteiger partial charge in [-0.25, -0.2) is 0 Å². The van der Waals surface area contributed by atoms with E-state index in [-0.39, 0.29) is 0 Å². The van der Waals surface area contributed by atoms with Gasteiger partial charge >= 0.3 is 0 Å². The summed E-state index contributed by atoms with van der Waals surface area (Å²) in [6.07, 6.45) is 2.50. The first kappa shape index (κ1) is 13.2. The van der Waals surface area contributed by atoms with Crippen molar-refractivity contribution in [2.24, 2.45) is 0 Å². The summed E-state index contributed by atoms with van der Waals surface area (Å²) in [7, 11) is 0. The quantitative estimate of drug-likeness (QED) is 0.488. The van der Waals surface area contributed by atoms with E-state index in [1.807, 2.05) is 0 Å². The van der Waals surface area contributed by atoms with Crippen molar-refractivity contribution in [2.75, 3.05) is 19.0 Å². The first-order valence-electron chi connectivity index (χ1n) is 5.11. The molecule has 0 saturated heterocycles. The highest BCUT2D eigenvalue weighted by Gasteiger charge is 2.03. The van der Waals surface area contributed by atoms with Crippen molar-refractivity contribution in [3.63, 3.8) is 0 Å². The first-order chi connectivity index (χ1) is 6.20. The summed E-state index contributed by atoms with van der Waals surface area (Å²) >= 11 is 5.67. The third kappa shape index (κ3) is 8.54. The van der Waals surface area contributed by atoms with Gasteiger partial charge in [0.05, 0.1) is 12.7 Å². The van der Waals surface area contributed by atoms with E-state index in [9.17, 15) is 0 Å². The monoisotopic (exact) mass is 207 g/mol. The van der Waals surface area contributed by atoms with Gasteiger partial charge < -0.3 is 10.1 Å². The van der Waals surface area contributed by atoms with Gasteiger partial charge in [-0.3, -0.25) is 0 Å². The molecule has 0 bridgehead atoms. The number of hydrogen-bond donors (Lipinski definition) is 1. The molecule has 1 unspecified atom stereocenters. The highest BCUT2D eigenvalue weighted by Crippen LogP contribution is 1.98. The topological polar surface area (TPSA) is 21.3 Å². The molecule has 1 N–H and O–H groups in total. The van der Waals surface area contributed by atoms with E-state index >= 15 is 0 Å². The SMILES string of the molecule is CCC(CCCl)NCCOC(C)C. The predicted molar refractivity (Wildman–Crippen MR) is 58.5 cm³/mol. The molecule has 0 aromatic rings. The van der Waals surface area contributed by atoms with Gasteiger partial charge in [0.2, 0.25) is 0 Å². The van der Waals surface area contributed by atoms with E-state index in [0.717, 1.165) is 31.9 Å². The molecular formula is C10H22ClNO. The fourth-order valence-electron chi connectivity index (χ4n) is 1.14. The highest BCUT2D eigenvalue weighted by molar-refractivity contribution is 6.17. The van der Waals surface area contributed by atoms with Crippen LogP contribution in [0.15, 0.2) is 0 Å². The molecule has 1 atom stereocenters. The second kappa shape index (κ2) is 8.79. The summed E-state index contributed by atoms with van der Waals surface area (Å²) in [5.41, 5.74) is 0.